The van der Waals surface area contributed by atoms with Gasteiger partial charge in [0.25, 0.3) is 5.91 Å². The summed E-state index contributed by atoms with van der Waals surface area (Å²) in [6.45, 7) is 6.84. The number of benzene rings is 1. The van der Waals surface area contributed by atoms with Crippen molar-refractivity contribution >= 4 is 52.2 Å². The maximum atomic E-state index is 12.4. The summed E-state index contributed by atoms with van der Waals surface area (Å²) in [5.74, 6) is -0.771. The first-order valence-corrected chi connectivity index (χ1v) is 6.79. The lowest BCUT2D eigenvalue weighted by Crippen LogP contribution is -2.26. The summed E-state index contributed by atoms with van der Waals surface area (Å²) in [6.07, 6.45) is 0. The highest BCUT2D eigenvalue weighted by molar-refractivity contribution is 6.44. The molecule has 0 radical (unpaired) electrons. The Morgan fingerprint density at radius 1 is 1.15 bits per heavy atom. The fourth-order valence-corrected chi connectivity index (χ4v) is 2.69. The van der Waals surface area contributed by atoms with Crippen LogP contribution in [-0.4, -0.2) is 11.7 Å². The molecule has 0 atom stereocenters. The molecule has 2 rings (SSSR count). The van der Waals surface area contributed by atoms with E-state index in [4.69, 9.17) is 34.8 Å². The van der Waals surface area contributed by atoms with Gasteiger partial charge in [0.1, 0.15) is 0 Å². The van der Waals surface area contributed by atoms with Crippen molar-refractivity contribution in [3.8, 4) is 0 Å². The molecule has 6 heteroatoms. The number of halogens is 3. The number of carbonyl (C=O) groups is 2. The first-order valence-electron chi connectivity index (χ1n) is 5.65. The zero-order valence-corrected chi connectivity index (χ0v) is 13.0. The summed E-state index contributed by atoms with van der Waals surface area (Å²) in [7, 11) is 0. The van der Waals surface area contributed by atoms with Gasteiger partial charge in [-0.05, 0) is 31.6 Å². The van der Waals surface area contributed by atoms with Gasteiger partial charge in [0, 0.05) is 5.70 Å². The maximum Gasteiger partial charge on any atom is 0.266 e. The van der Waals surface area contributed by atoms with Crippen LogP contribution in [0.2, 0.25) is 15.1 Å². The van der Waals surface area contributed by atoms with E-state index >= 15 is 0 Å². The monoisotopic (exact) mass is 329 g/mol. The second-order valence-corrected chi connectivity index (χ2v) is 5.58. The quantitative estimate of drug-likeness (QED) is 0.595. The highest BCUT2D eigenvalue weighted by Crippen LogP contribution is 2.40. The molecule has 0 saturated heterocycles. The van der Waals surface area contributed by atoms with Gasteiger partial charge in [-0.25, -0.2) is 0 Å². The third-order valence-corrected chi connectivity index (χ3v) is 4.10. The first kappa shape index (κ1) is 15.1. The van der Waals surface area contributed by atoms with Gasteiger partial charge in [-0.2, -0.15) is 0 Å². The van der Waals surface area contributed by atoms with Gasteiger partial charge in [0.05, 0.1) is 26.3 Å². The summed E-state index contributed by atoms with van der Waals surface area (Å²) in [6, 6.07) is 2.92. The maximum absolute atomic E-state index is 12.4. The third kappa shape index (κ3) is 2.26. The van der Waals surface area contributed by atoms with Crippen LogP contribution in [0.1, 0.15) is 13.8 Å². The number of carbonyl (C=O) groups excluding carboxylic acids is 2. The molecule has 1 amide bonds. The molecule has 1 aliphatic heterocycles. The minimum Gasteiger partial charge on any atom is -0.294 e. The lowest BCUT2D eigenvalue weighted by atomic mass is 10.1. The highest BCUT2D eigenvalue weighted by atomic mass is 35.5. The molecule has 0 saturated carbocycles. The SMILES string of the molecule is C=C1C(C)=C(C(C)=O)C(=O)N1c1cc(Cl)c(Cl)cc1Cl. The Kier molecular flexibility index (Phi) is 3.96. The highest BCUT2D eigenvalue weighted by Gasteiger charge is 2.36. The van der Waals surface area contributed by atoms with Crippen LogP contribution < -0.4 is 4.90 Å². The Bertz CT molecular complexity index is 692. The second-order valence-electron chi connectivity index (χ2n) is 4.36. The minimum atomic E-state index is -0.458. The molecule has 0 bridgehead atoms. The lowest BCUT2D eigenvalue weighted by Gasteiger charge is -2.20. The molecule has 0 unspecified atom stereocenters. The van der Waals surface area contributed by atoms with Crippen LogP contribution in [0.4, 0.5) is 5.69 Å². The van der Waals surface area contributed by atoms with E-state index in [0.29, 0.717) is 17.0 Å². The van der Waals surface area contributed by atoms with Gasteiger partial charge in [-0.1, -0.05) is 41.4 Å². The Labute approximate surface area is 131 Å². The van der Waals surface area contributed by atoms with Crippen molar-refractivity contribution in [2.45, 2.75) is 13.8 Å². The molecule has 1 aromatic carbocycles. The molecule has 0 fully saturated rings. The number of anilines is 1. The van der Waals surface area contributed by atoms with Crippen LogP contribution in [0.5, 0.6) is 0 Å². The minimum absolute atomic E-state index is 0.108. The number of amides is 1. The molecule has 0 aromatic heterocycles. The van der Waals surface area contributed by atoms with Crippen molar-refractivity contribution in [3.63, 3.8) is 0 Å². The molecule has 1 aromatic rings. The van der Waals surface area contributed by atoms with Crippen molar-refractivity contribution in [2.24, 2.45) is 0 Å². The number of ketones is 1. The van der Waals surface area contributed by atoms with Gasteiger partial charge in [0.15, 0.2) is 5.78 Å². The van der Waals surface area contributed by atoms with Crippen molar-refractivity contribution < 1.29 is 9.59 Å². The van der Waals surface area contributed by atoms with E-state index in [1.165, 1.54) is 24.0 Å². The first-order chi connectivity index (χ1) is 9.25. The summed E-state index contributed by atoms with van der Waals surface area (Å²) in [5, 5.41) is 0.807. The summed E-state index contributed by atoms with van der Waals surface area (Å²) < 4.78 is 0. The molecule has 20 heavy (non-hydrogen) atoms. The van der Waals surface area contributed by atoms with Gasteiger partial charge >= 0.3 is 0 Å². The van der Waals surface area contributed by atoms with E-state index in [1.807, 2.05) is 0 Å². The largest absolute Gasteiger partial charge is 0.294 e. The third-order valence-electron chi connectivity index (χ3n) is 3.08. The van der Waals surface area contributed by atoms with Crippen LogP contribution in [0.3, 0.4) is 0 Å². The standard InChI is InChI=1S/C14H10Cl3NO2/c1-6-7(2)18(14(20)13(6)8(3)19)12-5-10(16)9(15)4-11(12)17/h4-5H,2H2,1,3H3. The summed E-state index contributed by atoms with van der Waals surface area (Å²) in [4.78, 5) is 25.2. The second kappa shape index (κ2) is 5.24. The molecular formula is C14H10Cl3NO2. The molecule has 1 heterocycles. The van der Waals surface area contributed by atoms with E-state index in [9.17, 15) is 9.59 Å². The smallest absolute Gasteiger partial charge is 0.266 e. The van der Waals surface area contributed by atoms with Crippen molar-refractivity contribution in [1.29, 1.82) is 0 Å². The molecular weight excluding hydrogens is 321 g/mol. The van der Waals surface area contributed by atoms with Gasteiger partial charge < -0.3 is 0 Å². The normalized spacial score (nSPS) is 15.3. The predicted molar refractivity (Wildman–Crippen MR) is 81.5 cm³/mol. The van der Waals surface area contributed by atoms with Crippen molar-refractivity contribution in [3.05, 3.63) is 50.6 Å². The van der Waals surface area contributed by atoms with Crippen LogP contribution >= 0.6 is 34.8 Å². The van der Waals surface area contributed by atoms with Crippen molar-refractivity contribution in [2.75, 3.05) is 4.90 Å². The lowest BCUT2D eigenvalue weighted by molar-refractivity contribution is -0.119. The summed E-state index contributed by atoms with van der Waals surface area (Å²) in [5.41, 5.74) is 1.40. The topological polar surface area (TPSA) is 37.4 Å². The predicted octanol–water partition coefficient (Wildman–Crippen LogP) is 4.41. The molecule has 3 nitrogen and oxygen atoms in total. The number of hydrogen-bond donors (Lipinski definition) is 0. The fourth-order valence-electron chi connectivity index (χ4n) is 2.06. The average Bonchev–Trinajstić information content (AvgIpc) is 2.56. The Morgan fingerprint density at radius 3 is 2.20 bits per heavy atom. The Morgan fingerprint density at radius 2 is 1.70 bits per heavy atom. The van der Waals surface area contributed by atoms with E-state index in [1.54, 1.807) is 6.92 Å². The number of hydrogen-bond acceptors (Lipinski definition) is 2. The molecule has 0 spiro atoms. The van der Waals surface area contributed by atoms with E-state index < -0.39 is 5.91 Å². The molecule has 0 N–H and O–H groups in total. The molecule has 0 aliphatic carbocycles. The van der Waals surface area contributed by atoms with Gasteiger partial charge in [0.2, 0.25) is 0 Å². The van der Waals surface area contributed by atoms with Crippen LogP contribution in [0.25, 0.3) is 0 Å². The number of allylic oxidation sites excluding steroid dienone is 1. The zero-order chi connectivity index (χ0) is 15.2. The number of nitrogens with zero attached hydrogens (tertiary/aromatic N) is 1. The summed E-state index contributed by atoms with van der Waals surface area (Å²) >= 11 is 17.9. The van der Waals surface area contributed by atoms with E-state index in [-0.39, 0.29) is 26.4 Å². The molecule has 104 valence electrons. The molecule has 1 aliphatic rings. The Hall–Kier alpha value is -1.29. The van der Waals surface area contributed by atoms with Gasteiger partial charge in [-0.3, -0.25) is 14.5 Å². The fraction of sp³-hybridized carbons (Fsp3) is 0.143. The number of Topliss-reactive ketones (excluding diaryl/α,β-unsaturated/α-hetero) is 1. The van der Waals surface area contributed by atoms with Crippen LogP contribution in [0, 0.1) is 0 Å². The van der Waals surface area contributed by atoms with Crippen molar-refractivity contribution in [1.82, 2.24) is 0 Å². The average molecular weight is 331 g/mol. The van der Waals surface area contributed by atoms with Crippen LogP contribution in [-0.2, 0) is 9.59 Å². The van der Waals surface area contributed by atoms with E-state index in [0.717, 1.165) is 0 Å². The van der Waals surface area contributed by atoms with Crippen LogP contribution in [0.15, 0.2) is 35.6 Å². The Balaban J connectivity index is 2.58. The van der Waals surface area contributed by atoms with Gasteiger partial charge in [-0.15, -0.1) is 0 Å². The number of rotatable bonds is 2. The van der Waals surface area contributed by atoms with E-state index in [2.05, 4.69) is 6.58 Å². The zero-order valence-electron chi connectivity index (χ0n) is 10.8.